The maximum absolute atomic E-state index is 13.5. The van der Waals surface area contributed by atoms with Gasteiger partial charge in [-0.05, 0) is 36.4 Å². The molecular formula is C23H24N4O3S. The third-order valence-corrected chi connectivity index (χ3v) is 7.66. The second-order valence-electron chi connectivity index (χ2n) is 8.11. The molecule has 160 valence electrons. The zero-order chi connectivity index (χ0) is 21.3. The second kappa shape index (κ2) is 8.03. The smallest absolute Gasteiger partial charge is 0.247 e. The largest absolute Gasteiger partial charge is 0.483 e. The molecule has 2 aromatic heterocycles. The number of rotatable bonds is 4. The summed E-state index contributed by atoms with van der Waals surface area (Å²) in [6, 6.07) is 18.4. The Morgan fingerprint density at radius 2 is 1.55 bits per heavy atom. The summed E-state index contributed by atoms with van der Waals surface area (Å²) in [5.41, 5.74) is 1.08. The zero-order valence-electron chi connectivity index (χ0n) is 17.1. The predicted molar refractivity (Wildman–Crippen MR) is 116 cm³/mol. The average Bonchev–Trinajstić information content (AvgIpc) is 3.13. The van der Waals surface area contributed by atoms with Crippen LogP contribution >= 0.6 is 0 Å². The molecule has 1 fully saturated rings. The molecule has 0 amide bonds. The first kappa shape index (κ1) is 20.1. The van der Waals surface area contributed by atoms with Crippen LogP contribution in [0.2, 0.25) is 0 Å². The standard InChI is InChI=1S/C23H24N4O3S/c28-31(29)22-10-2-1-9-21(22)30-23(18-27(31)16-20-8-4-6-13-25-20)11-14-26(17-23)15-19-7-3-5-12-24-19/h1-10,12-13H,11,14-18H2/t23-/m0/s1. The van der Waals surface area contributed by atoms with E-state index in [1.807, 2.05) is 42.5 Å². The lowest BCUT2D eigenvalue weighted by molar-refractivity contribution is 0.0567. The van der Waals surface area contributed by atoms with Gasteiger partial charge in [-0.3, -0.25) is 14.9 Å². The van der Waals surface area contributed by atoms with Crippen LogP contribution in [-0.4, -0.2) is 52.8 Å². The maximum Gasteiger partial charge on any atom is 0.247 e. The van der Waals surface area contributed by atoms with Gasteiger partial charge in [0.15, 0.2) is 0 Å². The van der Waals surface area contributed by atoms with Crippen molar-refractivity contribution in [2.45, 2.75) is 30.0 Å². The zero-order valence-corrected chi connectivity index (χ0v) is 17.9. The Balaban J connectivity index is 1.47. The fraction of sp³-hybridized carbons (Fsp3) is 0.304. The molecule has 0 N–H and O–H groups in total. The monoisotopic (exact) mass is 436 g/mol. The summed E-state index contributed by atoms with van der Waals surface area (Å²) in [5, 5.41) is 0. The van der Waals surface area contributed by atoms with Crippen LogP contribution in [-0.2, 0) is 23.1 Å². The lowest BCUT2D eigenvalue weighted by Crippen LogP contribution is -2.49. The lowest BCUT2D eigenvalue weighted by atomic mass is 10.0. The summed E-state index contributed by atoms with van der Waals surface area (Å²) in [5.74, 6) is 0.422. The number of ether oxygens (including phenoxy) is 1. The van der Waals surface area contributed by atoms with Gasteiger partial charge in [0, 0.05) is 38.4 Å². The minimum atomic E-state index is -3.72. The van der Waals surface area contributed by atoms with Crippen molar-refractivity contribution in [3.05, 3.63) is 84.4 Å². The van der Waals surface area contributed by atoms with E-state index in [9.17, 15) is 8.42 Å². The fourth-order valence-corrected chi connectivity index (χ4v) is 5.97. The molecule has 7 nitrogen and oxygen atoms in total. The summed E-state index contributed by atoms with van der Waals surface area (Å²) in [7, 11) is -3.72. The number of hydrogen-bond donors (Lipinski definition) is 0. The van der Waals surface area contributed by atoms with Crippen molar-refractivity contribution in [1.29, 1.82) is 0 Å². The molecule has 5 rings (SSSR count). The number of nitrogens with zero attached hydrogens (tertiary/aromatic N) is 4. The maximum atomic E-state index is 13.5. The van der Waals surface area contributed by atoms with E-state index in [4.69, 9.17) is 4.74 Å². The van der Waals surface area contributed by atoms with Crippen molar-refractivity contribution in [2.24, 2.45) is 0 Å². The first-order valence-corrected chi connectivity index (χ1v) is 11.8. The first-order chi connectivity index (χ1) is 15.0. The summed E-state index contributed by atoms with van der Waals surface area (Å²) < 4.78 is 35.1. The Morgan fingerprint density at radius 1 is 0.871 bits per heavy atom. The number of benzene rings is 1. The van der Waals surface area contributed by atoms with Crippen molar-refractivity contribution in [3.63, 3.8) is 0 Å². The van der Waals surface area contributed by atoms with Gasteiger partial charge in [0.05, 0.1) is 24.5 Å². The third kappa shape index (κ3) is 4.06. The molecule has 0 aliphatic carbocycles. The molecule has 0 unspecified atom stereocenters. The van der Waals surface area contributed by atoms with Crippen molar-refractivity contribution in [2.75, 3.05) is 19.6 Å². The Kier molecular flexibility index (Phi) is 5.21. The van der Waals surface area contributed by atoms with E-state index in [0.29, 0.717) is 24.5 Å². The van der Waals surface area contributed by atoms with Crippen LogP contribution in [0.1, 0.15) is 17.8 Å². The topological polar surface area (TPSA) is 75.6 Å². The summed E-state index contributed by atoms with van der Waals surface area (Å²) in [6.07, 6.45) is 4.22. The number of pyridine rings is 2. The van der Waals surface area contributed by atoms with Crippen LogP contribution in [0.15, 0.2) is 78.0 Å². The molecule has 1 spiro atoms. The number of aromatic nitrogens is 2. The minimum absolute atomic E-state index is 0.211. The SMILES string of the molecule is O=S1(=O)c2ccccc2O[C@]2(CCN(Cc3ccccn3)C2)CN1Cc1ccccn1. The van der Waals surface area contributed by atoms with Crippen molar-refractivity contribution in [1.82, 2.24) is 19.2 Å². The molecule has 2 aliphatic rings. The van der Waals surface area contributed by atoms with Crippen LogP contribution in [0.3, 0.4) is 0 Å². The predicted octanol–water partition coefficient (Wildman–Crippen LogP) is 2.70. The van der Waals surface area contributed by atoms with Crippen LogP contribution in [0.4, 0.5) is 0 Å². The Bertz CT molecular complexity index is 1160. The highest BCUT2D eigenvalue weighted by Crippen LogP contribution is 2.39. The molecule has 2 aliphatic heterocycles. The quantitative estimate of drug-likeness (QED) is 0.626. The number of fused-ring (bicyclic) bond motifs is 1. The number of likely N-dealkylation sites (tertiary alicyclic amines) is 1. The van der Waals surface area contributed by atoms with Gasteiger partial charge in [-0.25, -0.2) is 8.42 Å². The number of para-hydroxylation sites is 1. The molecule has 8 heteroatoms. The highest BCUT2D eigenvalue weighted by Gasteiger charge is 2.47. The summed E-state index contributed by atoms with van der Waals surface area (Å²) in [4.78, 5) is 11.3. The average molecular weight is 437 g/mol. The Morgan fingerprint density at radius 3 is 2.26 bits per heavy atom. The van der Waals surface area contributed by atoms with E-state index < -0.39 is 15.6 Å². The first-order valence-electron chi connectivity index (χ1n) is 10.3. The van der Waals surface area contributed by atoms with Gasteiger partial charge in [0.1, 0.15) is 16.2 Å². The van der Waals surface area contributed by atoms with E-state index in [0.717, 1.165) is 18.7 Å². The van der Waals surface area contributed by atoms with E-state index >= 15 is 0 Å². The van der Waals surface area contributed by atoms with Gasteiger partial charge < -0.3 is 4.74 Å². The molecule has 0 saturated carbocycles. The minimum Gasteiger partial charge on any atom is -0.483 e. The highest BCUT2D eigenvalue weighted by atomic mass is 32.2. The second-order valence-corrected chi connectivity index (χ2v) is 10.0. The lowest BCUT2D eigenvalue weighted by Gasteiger charge is -2.32. The van der Waals surface area contributed by atoms with E-state index in [-0.39, 0.29) is 18.0 Å². The van der Waals surface area contributed by atoms with E-state index in [2.05, 4.69) is 14.9 Å². The fourth-order valence-electron chi connectivity index (χ4n) is 4.37. The Hall–Kier alpha value is -2.81. The molecule has 31 heavy (non-hydrogen) atoms. The molecule has 1 aromatic carbocycles. The molecular weight excluding hydrogens is 412 g/mol. The van der Waals surface area contributed by atoms with Gasteiger partial charge >= 0.3 is 0 Å². The third-order valence-electron chi connectivity index (χ3n) is 5.83. The molecule has 1 atom stereocenters. The van der Waals surface area contributed by atoms with Crippen LogP contribution in [0.25, 0.3) is 0 Å². The highest BCUT2D eigenvalue weighted by molar-refractivity contribution is 7.89. The summed E-state index contributed by atoms with van der Waals surface area (Å²) in [6.45, 7) is 2.64. The normalized spacial score (nSPS) is 23.2. The molecule has 1 saturated heterocycles. The van der Waals surface area contributed by atoms with E-state index in [1.165, 1.54) is 4.31 Å². The van der Waals surface area contributed by atoms with Crippen molar-refractivity contribution in [3.8, 4) is 5.75 Å². The van der Waals surface area contributed by atoms with Gasteiger partial charge in [-0.15, -0.1) is 0 Å². The molecule has 0 radical (unpaired) electrons. The van der Waals surface area contributed by atoms with Gasteiger partial charge in [-0.2, -0.15) is 4.31 Å². The van der Waals surface area contributed by atoms with Crippen molar-refractivity contribution >= 4 is 10.0 Å². The molecule has 3 aromatic rings. The van der Waals surface area contributed by atoms with Gasteiger partial charge in [0.25, 0.3) is 0 Å². The van der Waals surface area contributed by atoms with Gasteiger partial charge in [-0.1, -0.05) is 24.3 Å². The van der Waals surface area contributed by atoms with Crippen LogP contribution in [0.5, 0.6) is 5.75 Å². The van der Waals surface area contributed by atoms with Crippen LogP contribution < -0.4 is 4.74 Å². The number of hydrogen-bond acceptors (Lipinski definition) is 6. The van der Waals surface area contributed by atoms with Crippen molar-refractivity contribution < 1.29 is 13.2 Å². The summed E-state index contributed by atoms with van der Waals surface area (Å²) >= 11 is 0. The van der Waals surface area contributed by atoms with Gasteiger partial charge in [0.2, 0.25) is 10.0 Å². The van der Waals surface area contributed by atoms with E-state index in [1.54, 1.807) is 30.6 Å². The molecule has 4 heterocycles. The molecule has 0 bridgehead atoms. The number of sulfonamides is 1. The van der Waals surface area contributed by atoms with Crippen LogP contribution in [0, 0.1) is 0 Å². The Labute approximate surface area is 182 Å².